The Morgan fingerprint density at radius 1 is 1.17 bits per heavy atom. The van der Waals surface area contributed by atoms with Crippen molar-refractivity contribution in [2.45, 2.75) is 26.0 Å². The average Bonchev–Trinajstić information content (AvgIpc) is 3.42. The number of fused-ring (bicyclic) bond motifs is 1. The summed E-state index contributed by atoms with van der Waals surface area (Å²) in [6.07, 6.45) is 0. The van der Waals surface area contributed by atoms with Crippen molar-refractivity contribution in [3.8, 4) is 28.6 Å². The number of ether oxygens (including phenoxy) is 3. The lowest BCUT2D eigenvalue weighted by Gasteiger charge is -2.21. The summed E-state index contributed by atoms with van der Waals surface area (Å²) in [5.41, 5.74) is 0.861. The Bertz CT molecular complexity index is 1050. The van der Waals surface area contributed by atoms with Crippen LogP contribution in [0.2, 0.25) is 0 Å². The van der Waals surface area contributed by atoms with E-state index in [1.165, 1.54) is 0 Å². The molecule has 2 aromatic carbocycles. The minimum Gasteiger partial charge on any atom is -0.489 e. The smallest absolute Gasteiger partial charge is 0.316 e. The molecule has 1 amide bonds. The van der Waals surface area contributed by atoms with Crippen molar-refractivity contribution in [3.05, 3.63) is 53.9 Å². The zero-order chi connectivity index (χ0) is 21.1. The van der Waals surface area contributed by atoms with Crippen LogP contribution in [0.1, 0.15) is 30.1 Å². The number of rotatable bonds is 7. The molecular formula is C21H21N3O6. The van der Waals surface area contributed by atoms with Gasteiger partial charge >= 0.3 is 11.8 Å². The standard InChI is InChI=1S/C21H21N3O6/c1-21(2,11-25)23-19(26)20-22-18(24-30-20)14-5-3-13(4-6-14)10-27-15-7-8-16-17(9-15)29-12-28-16/h3-9,25H,10-12H2,1-2H3,(H,23,26). The van der Waals surface area contributed by atoms with E-state index < -0.39 is 11.4 Å². The SMILES string of the molecule is CC(C)(CO)NC(=O)c1nc(-c2ccc(COc3ccc4c(c3)OCO4)cc2)no1. The van der Waals surface area contributed by atoms with Gasteiger partial charge in [-0.2, -0.15) is 4.98 Å². The Kier molecular flexibility index (Phi) is 5.28. The Labute approximate surface area is 172 Å². The number of amides is 1. The van der Waals surface area contributed by atoms with Gasteiger partial charge in [0.25, 0.3) is 0 Å². The number of nitrogens with one attached hydrogen (secondary N) is 1. The monoisotopic (exact) mass is 411 g/mol. The Morgan fingerprint density at radius 2 is 1.93 bits per heavy atom. The lowest BCUT2D eigenvalue weighted by atomic mass is 10.1. The van der Waals surface area contributed by atoms with Crippen molar-refractivity contribution in [3.63, 3.8) is 0 Å². The zero-order valence-corrected chi connectivity index (χ0v) is 16.5. The molecule has 9 heteroatoms. The molecular weight excluding hydrogens is 390 g/mol. The predicted molar refractivity (Wildman–Crippen MR) is 105 cm³/mol. The average molecular weight is 411 g/mol. The summed E-state index contributed by atoms with van der Waals surface area (Å²) in [5, 5.41) is 15.7. The topological polar surface area (TPSA) is 116 Å². The van der Waals surface area contributed by atoms with Crippen LogP contribution in [0.25, 0.3) is 11.4 Å². The van der Waals surface area contributed by atoms with Crippen LogP contribution in [0, 0.1) is 0 Å². The first-order chi connectivity index (χ1) is 14.4. The zero-order valence-electron chi connectivity index (χ0n) is 16.5. The maximum absolute atomic E-state index is 12.2. The van der Waals surface area contributed by atoms with Gasteiger partial charge < -0.3 is 29.2 Å². The minimum atomic E-state index is -0.786. The quantitative estimate of drug-likeness (QED) is 0.609. The summed E-state index contributed by atoms with van der Waals surface area (Å²) in [7, 11) is 0. The van der Waals surface area contributed by atoms with Crippen LogP contribution in [0.5, 0.6) is 17.2 Å². The van der Waals surface area contributed by atoms with E-state index in [4.69, 9.17) is 18.7 Å². The third kappa shape index (κ3) is 4.36. The number of carbonyl (C=O) groups excluding carboxylic acids is 1. The normalized spacial score (nSPS) is 12.6. The van der Waals surface area contributed by atoms with Gasteiger partial charge in [0.15, 0.2) is 11.5 Å². The number of aliphatic hydroxyl groups is 1. The summed E-state index contributed by atoms with van der Waals surface area (Å²) in [6, 6.07) is 12.8. The maximum atomic E-state index is 12.2. The molecule has 2 heterocycles. The first-order valence-electron chi connectivity index (χ1n) is 9.32. The van der Waals surface area contributed by atoms with Gasteiger partial charge in [0.2, 0.25) is 12.6 Å². The highest BCUT2D eigenvalue weighted by atomic mass is 16.7. The Balaban J connectivity index is 1.38. The molecule has 0 saturated carbocycles. The van der Waals surface area contributed by atoms with E-state index in [0.29, 0.717) is 35.2 Å². The fourth-order valence-electron chi connectivity index (χ4n) is 2.72. The third-order valence-electron chi connectivity index (χ3n) is 4.43. The van der Waals surface area contributed by atoms with Gasteiger partial charge in [-0.1, -0.05) is 29.4 Å². The van der Waals surface area contributed by atoms with Gasteiger partial charge in [0.05, 0.1) is 12.1 Å². The Morgan fingerprint density at radius 3 is 2.70 bits per heavy atom. The van der Waals surface area contributed by atoms with E-state index in [1.54, 1.807) is 19.9 Å². The molecule has 9 nitrogen and oxygen atoms in total. The van der Waals surface area contributed by atoms with Crippen LogP contribution in [0.4, 0.5) is 0 Å². The summed E-state index contributed by atoms with van der Waals surface area (Å²) in [4.78, 5) is 16.3. The van der Waals surface area contributed by atoms with Crippen molar-refractivity contribution in [1.82, 2.24) is 15.5 Å². The highest BCUT2D eigenvalue weighted by Gasteiger charge is 2.24. The second-order valence-corrected chi connectivity index (χ2v) is 7.42. The molecule has 0 aliphatic carbocycles. The molecule has 1 aliphatic rings. The van der Waals surface area contributed by atoms with E-state index >= 15 is 0 Å². The lowest BCUT2D eigenvalue weighted by Crippen LogP contribution is -2.46. The number of aliphatic hydroxyl groups excluding tert-OH is 1. The molecule has 1 aliphatic heterocycles. The predicted octanol–water partition coefficient (Wildman–Crippen LogP) is 2.55. The molecule has 30 heavy (non-hydrogen) atoms. The number of nitrogens with zero attached hydrogens (tertiary/aromatic N) is 2. The van der Waals surface area contributed by atoms with Crippen LogP contribution in [-0.2, 0) is 6.61 Å². The first-order valence-corrected chi connectivity index (χ1v) is 9.32. The van der Waals surface area contributed by atoms with Crippen molar-refractivity contribution < 1.29 is 28.6 Å². The molecule has 0 unspecified atom stereocenters. The lowest BCUT2D eigenvalue weighted by molar-refractivity contribution is 0.0825. The van der Waals surface area contributed by atoms with Crippen molar-refractivity contribution in [2.24, 2.45) is 0 Å². The summed E-state index contributed by atoms with van der Waals surface area (Å²) in [5.74, 6) is 1.65. The van der Waals surface area contributed by atoms with Gasteiger partial charge in [-0.25, -0.2) is 0 Å². The van der Waals surface area contributed by atoms with Gasteiger partial charge in [0.1, 0.15) is 12.4 Å². The molecule has 0 bridgehead atoms. The van der Waals surface area contributed by atoms with Crippen LogP contribution in [0.3, 0.4) is 0 Å². The maximum Gasteiger partial charge on any atom is 0.316 e. The minimum absolute atomic E-state index is 0.165. The summed E-state index contributed by atoms with van der Waals surface area (Å²) in [6.45, 7) is 3.75. The molecule has 156 valence electrons. The second-order valence-electron chi connectivity index (χ2n) is 7.42. The molecule has 0 radical (unpaired) electrons. The molecule has 0 fully saturated rings. The number of carbonyl (C=O) groups is 1. The first kappa shape index (κ1) is 19.7. The second kappa shape index (κ2) is 8.03. The van der Waals surface area contributed by atoms with Crippen LogP contribution < -0.4 is 19.5 Å². The van der Waals surface area contributed by atoms with Crippen LogP contribution >= 0.6 is 0 Å². The number of hydrogen-bond donors (Lipinski definition) is 2. The van der Waals surface area contributed by atoms with Gasteiger partial charge in [0, 0.05) is 11.6 Å². The summed E-state index contributed by atoms with van der Waals surface area (Å²) >= 11 is 0. The molecule has 3 aromatic rings. The van der Waals surface area contributed by atoms with E-state index in [1.807, 2.05) is 36.4 Å². The largest absolute Gasteiger partial charge is 0.489 e. The van der Waals surface area contributed by atoms with E-state index in [9.17, 15) is 9.90 Å². The fraction of sp³-hybridized carbons (Fsp3) is 0.286. The number of benzene rings is 2. The molecule has 2 N–H and O–H groups in total. The van der Waals surface area contributed by atoms with Crippen molar-refractivity contribution in [2.75, 3.05) is 13.4 Å². The van der Waals surface area contributed by atoms with Gasteiger partial charge in [-0.05, 0) is 31.5 Å². The van der Waals surface area contributed by atoms with Gasteiger partial charge in [-0.15, -0.1) is 0 Å². The van der Waals surface area contributed by atoms with Crippen molar-refractivity contribution in [1.29, 1.82) is 0 Å². The Hall–Kier alpha value is -3.59. The highest BCUT2D eigenvalue weighted by molar-refractivity contribution is 5.90. The van der Waals surface area contributed by atoms with E-state index in [-0.39, 0.29) is 19.3 Å². The van der Waals surface area contributed by atoms with Crippen LogP contribution in [-0.4, -0.2) is 40.1 Å². The fourth-order valence-corrected chi connectivity index (χ4v) is 2.72. The summed E-state index contributed by atoms with van der Waals surface area (Å²) < 4.78 is 21.5. The van der Waals surface area contributed by atoms with E-state index in [0.717, 1.165) is 5.56 Å². The van der Waals surface area contributed by atoms with Crippen molar-refractivity contribution >= 4 is 5.91 Å². The molecule has 0 spiro atoms. The number of aromatic nitrogens is 2. The molecule has 4 rings (SSSR count). The van der Waals surface area contributed by atoms with E-state index in [2.05, 4.69) is 15.5 Å². The van der Waals surface area contributed by atoms with Crippen LogP contribution in [0.15, 0.2) is 47.0 Å². The highest BCUT2D eigenvalue weighted by Crippen LogP contribution is 2.35. The molecule has 0 atom stereocenters. The molecule has 1 aromatic heterocycles. The third-order valence-corrected chi connectivity index (χ3v) is 4.43. The van der Waals surface area contributed by atoms with Gasteiger partial charge in [-0.3, -0.25) is 4.79 Å². The molecule has 0 saturated heterocycles. The number of hydrogen-bond acceptors (Lipinski definition) is 8.